The molecule has 1 aromatic rings. The molecule has 1 saturated heterocycles. The number of aromatic nitrogens is 2. The molecule has 1 aromatic heterocycles. The number of carbonyl (C=O) groups excluding carboxylic acids is 1. The van der Waals surface area contributed by atoms with Gasteiger partial charge in [-0.3, -0.25) is 9.69 Å². The molecule has 2 atom stereocenters. The van der Waals surface area contributed by atoms with E-state index in [2.05, 4.69) is 34.0 Å². The van der Waals surface area contributed by atoms with E-state index in [9.17, 15) is 4.79 Å². The van der Waals surface area contributed by atoms with Crippen LogP contribution < -0.4 is 5.32 Å². The van der Waals surface area contributed by atoms with Crippen molar-refractivity contribution in [3.8, 4) is 0 Å². The average molecular weight is 252 g/mol. The van der Waals surface area contributed by atoms with Crippen LogP contribution >= 0.6 is 0 Å². The summed E-state index contributed by atoms with van der Waals surface area (Å²) >= 11 is 0. The third-order valence-electron chi connectivity index (χ3n) is 3.39. The van der Waals surface area contributed by atoms with Crippen LogP contribution in [0.4, 0.5) is 0 Å². The van der Waals surface area contributed by atoms with Crippen molar-refractivity contribution in [2.75, 3.05) is 20.2 Å². The van der Waals surface area contributed by atoms with E-state index in [1.165, 1.54) is 12.5 Å². The van der Waals surface area contributed by atoms with Gasteiger partial charge in [0.2, 0.25) is 0 Å². The highest BCUT2D eigenvalue weighted by atomic mass is 16.5. The molecule has 1 aliphatic heterocycles. The molecule has 0 radical (unpaired) electrons. The summed E-state index contributed by atoms with van der Waals surface area (Å²) in [7, 11) is 1.68. The van der Waals surface area contributed by atoms with Crippen LogP contribution in [0.5, 0.6) is 0 Å². The third kappa shape index (κ3) is 2.70. The quantitative estimate of drug-likeness (QED) is 0.805. The molecule has 2 rings (SSSR count). The summed E-state index contributed by atoms with van der Waals surface area (Å²) in [6.45, 7) is 5.95. The molecule has 18 heavy (non-hydrogen) atoms. The largest absolute Gasteiger partial charge is 0.378 e. The Morgan fingerprint density at radius 3 is 2.94 bits per heavy atom. The normalized spacial score (nSPS) is 24.7. The molecule has 2 heterocycles. The van der Waals surface area contributed by atoms with E-state index in [0.717, 1.165) is 13.1 Å². The summed E-state index contributed by atoms with van der Waals surface area (Å²) in [5.41, 5.74) is 0.479. The van der Waals surface area contributed by atoms with Crippen LogP contribution in [0.1, 0.15) is 24.3 Å². The van der Waals surface area contributed by atoms with Crippen molar-refractivity contribution < 1.29 is 9.53 Å². The minimum atomic E-state index is -0.134. The zero-order chi connectivity index (χ0) is 13.1. The number of hydrogen-bond acceptors (Lipinski definition) is 4. The van der Waals surface area contributed by atoms with Gasteiger partial charge in [-0.05, 0) is 13.8 Å². The SMILES string of the molecule is CO[C@@H]1CN(C(C)C)C[C@H]1NC(=O)c1cnc[nH]1. The summed E-state index contributed by atoms with van der Waals surface area (Å²) in [4.78, 5) is 20.9. The number of amides is 1. The Morgan fingerprint density at radius 2 is 2.39 bits per heavy atom. The molecule has 6 heteroatoms. The Balaban J connectivity index is 1.98. The van der Waals surface area contributed by atoms with Crippen molar-refractivity contribution in [1.29, 1.82) is 0 Å². The second-order valence-electron chi connectivity index (χ2n) is 4.87. The molecule has 0 saturated carbocycles. The van der Waals surface area contributed by atoms with Gasteiger partial charge in [0, 0.05) is 26.2 Å². The van der Waals surface area contributed by atoms with Crippen molar-refractivity contribution >= 4 is 5.91 Å². The monoisotopic (exact) mass is 252 g/mol. The maximum absolute atomic E-state index is 11.9. The van der Waals surface area contributed by atoms with Crippen molar-refractivity contribution in [2.24, 2.45) is 0 Å². The molecule has 6 nitrogen and oxygen atoms in total. The minimum absolute atomic E-state index is 0.0215. The molecule has 1 amide bonds. The van der Waals surface area contributed by atoms with Crippen molar-refractivity contribution in [3.05, 3.63) is 18.2 Å². The first kappa shape index (κ1) is 13.0. The topological polar surface area (TPSA) is 70.2 Å². The van der Waals surface area contributed by atoms with E-state index in [1.807, 2.05) is 0 Å². The lowest BCUT2D eigenvalue weighted by atomic mass is 10.2. The van der Waals surface area contributed by atoms with Gasteiger partial charge >= 0.3 is 0 Å². The minimum Gasteiger partial charge on any atom is -0.378 e. The van der Waals surface area contributed by atoms with Crippen LogP contribution in [0.25, 0.3) is 0 Å². The Morgan fingerprint density at radius 1 is 1.61 bits per heavy atom. The van der Waals surface area contributed by atoms with E-state index < -0.39 is 0 Å². The van der Waals surface area contributed by atoms with E-state index in [4.69, 9.17) is 4.74 Å². The highest BCUT2D eigenvalue weighted by molar-refractivity contribution is 5.92. The van der Waals surface area contributed by atoms with Gasteiger partial charge in [-0.25, -0.2) is 4.98 Å². The molecule has 0 aliphatic carbocycles. The fraction of sp³-hybridized carbons (Fsp3) is 0.667. The van der Waals surface area contributed by atoms with E-state index in [1.54, 1.807) is 7.11 Å². The van der Waals surface area contributed by atoms with Gasteiger partial charge in [0.15, 0.2) is 0 Å². The number of nitrogens with zero attached hydrogens (tertiary/aromatic N) is 2. The molecule has 2 N–H and O–H groups in total. The summed E-state index contributed by atoms with van der Waals surface area (Å²) in [5.74, 6) is -0.134. The number of hydrogen-bond donors (Lipinski definition) is 2. The van der Waals surface area contributed by atoms with Crippen LogP contribution in [0.3, 0.4) is 0 Å². The number of likely N-dealkylation sites (tertiary alicyclic amines) is 1. The van der Waals surface area contributed by atoms with Crippen LogP contribution in [-0.4, -0.2) is 59.2 Å². The molecular formula is C12H20N4O2. The number of nitrogens with one attached hydrogen (secondary N) is 2. The highest BCUT2D eigenvalue weighted by Gasteiger charge is 2.35. The van der Waals surface area contributed by atoms with Crippen LogP contribution in [0, 0.1) is 0 Å². The summed E-state index contributed by atoms with van der Waals surface area (Å²) in [6, 6.07) is 0.477. The lowest BCUT2D eigenvalue weighted by Crippen LogP contribution is -2.43. The fourth-order valence-electron chi connectivity index (χ4n) is 2.23. The molecule has 1 fully saturated rings. The standard InChI is InChI=1S/C12H20N4O2/c1-8(2)16-5-10(11(6-16)18-3)15-12(17)9-4-13-7-14-9/h4,7-8,10-11H,5-6H2,1-3H3,(H,13,14)(H,15,17)/t10-,11-/m1/s1. The van der Waals surface area contributed by atoms with Gasteiger partial charge in [0.25, 0.3) is 5.91 Å². The van der Waals surface area contributed by atoms with Crippen molar-refractivity contribution in [2.45, 2.75) is 32.0 Å². The summed E-state index contributed by atoms with van der Waals surface area (Å²) < 4.78 is 5.44. The average Bonchev–Trinajstić information content (AvgIpc) is 2.97. The number of rotatable bonds is 4. The number of imidazole rings is 1. The molecule has 1 aliphatic rings. The number of H-pyrrole nitrogens is 1. The summed E-state index contributed by atoms with van der Waals surface area (Å²) in [5, 5.41) is 2.99. The Labute approximate surface area is 107 Å². The van der Waals surface area contributed by atoms with Gasteiger partial charge in [-0.2, -0.15) is 0 Å². The zero-order valence-corrected chi connectivity index (χ0v) is 11.0. The first-order valence-electron chi connectivity index (χ1n) is 6.18. The van der Waals surface area contributed by atoms with Gasteiger partial charge in [0.1, 0.15) is 5.69 Å². The van der Waals surface area contributed by atoms with Gasteiger partial charge in [-0.15, -0.1) is 0 Å². The number of methoxy groups -OCH3 is 1. The predicted molar refractivity (Wildman–Crippen MR) is 67.3 cm³/mol. The van der Waals surface area contributed by atoms with Crippen molar-refractivity contribution in [3.63, 3.8) is 0 Å². The zero-order valence-electron chi connectivity index (χ0n) is 11.0. The van der Waals surface area contributed by atoms with Crippen LogP contribution in [-0.2, 0) is 4.74 Å². The molecule has 0 bridgehead atoms. The highest BCUT2D eigenvalue weighted by Crippen LogP contribution is 2.16. The maximum Gasteiger partial charge on any atom is 0.269 e. The molecule has 0 spiro atoms. The van der Waals surface area contributed by atoms with Gasteiger partial charge in [0.05, 0.1) is 24.7 Å². The first-order chi connectivity index (χ1) is 8.61. The lowest BCUT2D eigenvalue weighted by Gasteiger charge is -2.19. The van der Waals surface area contributed by atoms with E-state index in [-0.39, 0.29) is 18.1 Å². The van der Waals surface area contributed by atoms with E-state index >= 15 is 0 Å². The van der Waals surface area contributed by atoms with Gasteiger partial charge in [-0.1, -0.05) is 0 Å². The van der Waals surface area contributed by atoms with Gasteiger partial charge < -0.3 is 15.0 Å². The molecule has 0 aromatic carbocycles. The predicted octanol–water partition coefficient (Wildman–Crippen LogP) is 0.247. The van der Waals surface area contributed by atoms with Crippen molar-refractivity contribution in [1.82, 2.24) is 20.2 Å². The van der Waals surface area contributed by atoms with Crippen LogP contribution in [0.15, 0.2) is 12.5 Å². The van der Waals surface area contributed by atoms with E-state index in [0.29, 0.717) is 11.7 Å². The number of carbonyl (C=O) groups is 1. The second-order valence-corrected chi connectivity index (χ2v) is 4.87. The Hall–Kier alpha value is -1.40. The third-order valence-corrected chi connectivity index (χ3v) is 3.39. The Kier molecular flexibility index (Phi) is 3.98. The fourth-order valence-corrected chi connectivity index (χ4v) is 2.23. The Bertz CT molecular complexity index is 391. The molecule has 0 unspecified atom stereocenters. The smallest absolute Gasteiger partial charge is 0.269 e. The number of aromatic amines is 1. The molecular weight excluding hydrogens is 232 g/mol. The lowest BCUT2D eigenvalue weighted by molar-refractivity contribution is 0.0750. The maximum atomic E-state index is 11.9. The molecule has 100 valence electrons. The first-order valence-corrected chi connectivity index (χ1v) is 6.18. The number of ether oxygens (including phenoxy) is 1. The van der Waals surface area contributed by atoms with Crippen LogP contribution in [0.2, 0.25) is 0 Å². The summed E-state index contributed by atoms with van der Waals surface area (Å²) in [6.07, 6.45) is 3.06. The second kappa shape index (κ2) is 5.49.